The van der Waals surface area contributed by atoms with Crippen LogP contribution in [0.1, 0.15) is 201 Å². The normalized spacial score (nSPS) is 11.4. The Balaban J connectivity index is 3.99. The molecule has 0 aliphatic heterocycles. The molecule has 0 aliphatic carbocycles. The summed E-state index contributed by atoms with van der Waals surface area (Å²) in [6.45, 7) is 20.6. The predicted octanol–water partition coefficient (Wildman–Crippen LogP) is 13.2. The molecule has 0 fully saturated rings. The fourth-order valence-corrected chi connectivity index (χ4v) is 6.33. The van der Waals surface area contributed by atoms with Gasteiger partial charge >= 0.3 is 0 Å². The fourth-order valence-electron chi connectivity index (χ4n) is 6.33. The molecular weight excluding hydrogens is 536 g/mol. The van der Waals surface area contributed by atoms with Gasteiger partial charge in [0.25, 0.3) is 0 Å². The van der Waals surface area contributed by atoms with Crippen molar-refractivity contribution in [3.63, 3.8) is 0 Å². The van der Waals surface area contributed by atoms with Gasteiger partial charge in [-0.1, -0.05) is 182 Å². The average molecular weight is 619 g/mol. The molecule has 3 nitrogen and oxygen atoms in total. The molecule has 0 rings (SSSR count). The average Bonchev–Trinajstić information content (AvgIpc) is 3.01. The van der Waals surface area contributed by atoms with Crippen LogP contribution in [-0.2, 0) is 4.74 Å². The van der Waals surface area contributed by atoms with Crippen LogP contribution in [0.2, 0.25) is 0 Å². The molecule has 44 heavy (non-hydrogen) atoms. The van der Waals surface area contributed by atoms with E-state index in [0.717, 1.165) is 51.4 Å². The van der Waals surface area contributed by atoms with Gasteiger partial charge in [-0.2, -0.15) is 0 Å². The number of allylic oxidation sites excluding steroid dienone is 1. The highest BCUT2D eigenvalue weighted by Gasteiger charge is 2.10. The largest absolute Gasteiger partial charge is 0.498 e. The summed E-state index contributed by atoms with van der Waals surface area (Å²) in [5.74, 6) is 0.987. The fraction of sp³-hybridized carbons (Fsp3) is 0.902. The standard InChI is InChI=1S/C41H82N2O/c1-7-10-12-14-16-18-20-21-22-24-26-28-30-32-36-43(40(4)39-42(6)35-9-3)37-33-38-44-41(5)34-31-29-27-25-23-19-17-15-13-11-8-2/h4-5,7-39H2,1-3,6H3. The lowest BCUT2D eigenvalue weighted by molar-refractivity contribution is 0.180. The number of ether oxygens (including phenoxy) is 1. The highest BCUT2D eigenvalue weighted by molar-refractivity contribution is 4.97. The number of rotatable bonds is 37. The van der Waals surface area contributed by atoms with Crippen LogP contribution >= 0.6 is 0 Å². The molecule has 0 aromatic heterocycles. The molecule has 0 N–H and O–H groups in total. The van der Waals surface area contributed by atoms with E-state index in [0.29, 0.717) is 0 Å². The van der Waals surface area contributed by atoms with E-state index < -0.39 is 0 Å². The third-order valence-electron chi connectivity index (χ3n) is 9.22. The lowest BCUT2D eigenvalue weighted by Gasteiger charge is -2.30. The first-order valence-electron chi connectivity index (χ1n) is 20.0. The summed E-state index contributed by atoms with van der Waals surface area (Å²) in [6.07, 6.45) is 38.2. The number of unbranched alkanes of at least 4 members (excludes halogenated alkanes) is 23. The van der Waals surface area contributed by atoms with Crippen LogP contribution in [0.5, 0.6) is 0 Å². The van der Waals surface area contributed by atoms with Gasteiger partial charge < -0.3 is 14.5 Å². The number of nitrogens with zero attached hydrogens (tertiary/aromatic N) is 2. The van der Waals surface area contributed by atoms with Gasteiger partial charge in [0.05, 0.1) is 12.4 Å². The van der Waals surface area contributed by atoms with E-state index in [9.17, 15) is 0 Å². The van der Waals surface area contributed by atoms with Crippen molar-refractivity contribution in [3.05, 3.63) is 24.6 Å². The number of hydrogen-bond donors (Lipinski definition) is 0. The van der Waals surface area contributed by atoms with Gasteiger partial charge in [-0.25, -0.2) is 0 Å². The van der Waals surface area contributed by atoms with Gasteiger partial charge in [0.15, 0.2) is 0 Å². The number of hydrogen-bond acceptors (Lipinski definition) is 3. The Kier molecular flexibility index (Phi) is 34.1. The van der Waals surface area contributed by atoms with E-state index in [4.69, 9.17) is 4.74 Å². The second-order valence-corrected chi connectivity index (χ2v) is 13.9. The minimum Gasteiger partial charge on any atom is -0.498 e. The van der Waals surface area contributed by atoms with Gasteiger partial charge in [-0.15, -0.1) is 0 Å². The van der Waals surface area contributed by atoms with Gasteiger partial charge in [-0.05, 0) is 39.3 Å². The van der Waals surface area contributed by atoms with E-state index >= 15 is 0 Å². The third-order valence-corrected chi connectivity index (χ3v) is 9.22. The molecule has 0 aromatic carbocycles. The van der Waals surface area contributed by atoms with Crippen LogP contribution in [0.3, 0.4) is 0 Å². The minimum atomic E-state index is 0.782. The predicted molar refractivity (Wildman–Crippen MR) is 200 cm³/mol. The molecule has 0 heterocycles. The first kappa shape index (κ1) is 43.0. The Morgan fingerprint density at radius 2 is 0.841 bits per heavy atom. The second-order valence-electron chi connectivity index (χ2n) is 13.9. The molecule has 0 saturated heterocycles. The third kappa shape index (κ3) is 31.0. The topological polar surface area (TPSA) is 15.7 Å². The molecule has 0 radical (unpaired) electrons. The van der Waals surface area contributed by atoms with E-state index in [1.54, 1.807) is 0 Å². The molecular formula is C41H82N2O. The smallest absolute Gasteiger partial charge is 0.0893 e. The van der Waals surface area contributed by atoms with Crippen molar-refractivity contribution in [2.45, 2.75) is 201 Å². The van der Waals surface area contributed by atoms with Crippen molar-refractivity contribution >= 4 is 0 Å². The lowest BCUT2D eigenvalue weighted by Crippen LogP contribution is -2.33. The number of likely N-dealkylation sites (N-methyl/N-ethyl adjacent to an activating group) is 1. The molecule has 0 aromatic rings. The monoisotopic (exact) mass is 619 g/mol. The van der Waals surface area contributed by atoms with Crippen molar-refractivity contribution in [1.29, 1.82) is 0 Å². The SMILES string of the molecule is C=C(CCCCCCCCCCCCC)OCCCN(CCCCCCCCCCCCCCCC)C(=C)CN(C)CCC. The van der Waals surface area contributed by atoms with Crippen molar-refractivity contribution in [3.8, 4) is 0 Å². The molecule has 3 heteroatoms. The highest BCUT2D eigenvalue weighted by atomic mass is 16.5. The van der Waals surface area contributed by atoms with E-state index in [1.807, 2.05) is 0 Å². The molecule has 0 atom stereocenters. The van der Waals surface area contributed by atoms with E-state index in [1.165, 1.54) is 173 Å². The molecule has 0 aliphatic rings. The second kappa shape index (κ2) is 34.9. The summed E-state index contributed by atoms with van der Waals surface area (Å²) in [7, 11) is 2.22. The molecule has 0 amide bonds. The summed E-state index contributed by atoms with van der Waals surface area (Å²) < 4.78 is 6.05. The Labute approximate surface area is 279 Å². The summed E-state index contributed by atoms with van der Waals surface area (Å²) in [6, 6.07) is 0. The summed E-state index contributed by atoms with van der Waals surface area (Å²) in [5.41, 5.74) is 1.27. The quantitative estimate of drug-likeness (QED) is 0.0509. The molecule has 0 spiro atoms. The van der Waals surface area contributed by atoms with Crippen LogP contribution < -0.4 is 0 Å². The van der Waals surface area contributed by atoms with Crippen molar-refractivity contribution < 1.29 is 4.74 Å². The van der Waals surface area contributed by atoms with Gasteiger partial charge in [-0.3, -0.25) is 0 Å². The van der Waals surface area contributed by atoms with Gasteiger partial charge in [0.1, 0.15) is 0 Å². The Morgan fingerprint density at radius 1 is 0.455 bits per heavy atom. The van der Waals surface area contributed by atoms with Crippen molar-refractivity contribution in [2.24, 2.45) is 0 Å². The lowest BCUT2D eigenvalue weighted by atomic mass is 10.0. The van der Waals surface area contributed by atoms with Crippen molar-refractivity contribution in [2.75, 3.05) is 39.8 Å². The zero-order valence-electron chi connectivity index (χ0n) is 31.1. The molecule has 0 saturated carbocycles. The first-order valence-corrected chi connectivity index (χ1v) is 20.0. The van der Waals surface area contributed by atoms with Gasteiger partial charge in [0, 0.05) is 31.8 Å². The molecule has 0 bridgehead atoms. The van der Waals surface area contributed by atoms with Crippen molar-refractivity contribution in [1.82, 2.24) is 9.80 Å². The highest BCUT2D eigenvalue weighted by Crippen LogP contribution is 2.16. The maximum absolute atomic E-state index is 6.05. The Morgan fingerprint density at radius 3 is 1.27 bits per heavy atom. The van der Waals surface area contributed by atoms with Gasteiger partial charge in [0.2, 0.25) is 0 Å². The molecule has 262 valence electrons. The summed E-state index contributed by atoms with van der Waals surface area (Å²) in [5, 5.41) is 0. The van der Waals surface area contributed by atoms with E-state index in [-0.39, 0.29) is 0 Å². The summed E-state index contributed by atoms with van der Waals surface area (Å²) in [4.78, 5) is 4.95. The van der Waals surface area contributed by atoms with Crippen LogP contribution in [-0.4, -0.2) is 49.6 Å². The molecule has 0 unspecified atom stereocenters. The Hall–Kier alpha value is -0.960. The zero-order valence-corrected chi connectivity index (χ0v) is 31.1. The minimum absolute atomic E-state index is 0.782. The summed E-state index contributed by atoms with van der Waals surface area (Å²) >= 11 is 0. The first-order chi connectivity index (χ1) is 21.5. The zero-order chi connectivity index (χ0) is 32.4. The maximum Gasteiger partial charge on any atom is 0.0893 e. The van der Waals surface area contributed by atoms with Crippen LogP contribution in [0, 0.1) is 0 Å². The van der Waals surface area contributed by atoms with E-state index in [2.05, 4.69) is 50.8 Å². The Bertz CT molecular complexity index is 603. The maximum atomic E-state index is 6.05. The van der Waals surface area contributed by atoms with Crippen LogP contribution in [0.4, 0.5) is 0 Å². The van der Waals surface area contributed by atoms with Crippen LogP contribution in [0.25, 0.3) is 0 Å². The van der Waals surface area contributed by atoms with Crippen LogP contribution in [0.15, 0.2) is 24.6 Å².